The number of benzene rings is 1. The van der Waals surface area contributed by atoms with E-state index in [2.05, 4.69) is 81.4 Å². The van der Waals surface area contributed by atoms with Gasteiger partial charge in [-0.15, -0.1) is 0 Å². The highest BCUT2D eigenvalue weighted by atomic mass is 16.7. The molecule has 1 fully saturated rings. The van der Waals surface area contributed by atoms with Crippen LogP contribution in [-0.2, 0) is 24.9 Å². The molecule has 0 aromatic heterocycles. The van der Waals surface area contributed by atoms with Gasteiger partial charge >= 0.3 is 7.12 Å². The molecule has 0 unspecified atom stereocenters. The molecule has 158 valence electrons. The van der Waals surface area contributed by atoms with E-state index in [0.29, 0.717) is 0 Å². The fourth-order valence-corrected chi connectivity index (χ4v) is 3.20. The molecule has 4 nitrogen and oxygen atoms in total. The Kier molecular flexibility index (Phi) is 6.36. The van der Waals surface area contributed by atoms with Gasteiger partial charge in [-0.3, -0.25) is 0 Å². The van der Waals surface area contributed by atoms with E-state index in [1.165, 1.54) is 11.1 Å². The molecule has 1 aromatic rings. The normalized spacial score (nSPS) is 19.2. The van der Waals surface area contributed by atoms with Crippen LogP contribution in [0.2, 0.25) is 0 Å². The van der Waals surface area contributed by atoms with Gasteiger partial charge < -0.3 is 18.8 Å². The van der Waals surface area contributed by atoms with Gasteiger partial charge in [0.2, 0.25) is 0 Å². The van der Waals surface area contributed by atoms with Gasteiger partial charge in [0.15, 0.2) is 6.79 Å². The molecule has 0 atom stereocenters. The minimum Gasteiger partial charge on any atom is -0.468 e. The largest absolute Gasteiger partial charge is 0.498 e. The number of hydrogen-bond donors (Lipinski definition) is 0. The van der Waals surface area contributed by atoms with E-state index in [1.54, 1.807) is 7.11 Å². The topological polar surface area (TPSA) is 36.9 Å². The van der Waals surface area contributed by atoms with Crippen LogP contribution >= 0.6 is 0 Å². The SMILES string of the molecule is CCC(C)(C)c1cc(C(C)(C)C)cc(B2OC(C)(C)C(C)(C)O2)c1OCOC. The van der Waals surface area contributed by atoms with Crippen molar-refractivity contribution in [3.8, 4) is 5.75 Å². The van der Waals surface area contributed by atoms with Crippen LogP contribution < -0.4 is 10.2 Å². The van der Waals surface area contributed by atoms with Crippen molar-refractivity contribution in [1.82, 2.24) is 0 Å². The Bertz CT molecular complexity index is 685. The zero-order valence-corrected chi connectivity index (χ0v) is 19.8. The Morgan fingerprint density at radius 3 is 1.93 bits per heavy atom. The molecule has 0 radical (unpaired) electrons. The summed E-state index contributed by atoms with van der Waals surface area (Å²) in [5.41, 5.74) is 2.49. The standard InChI is InChI=1S/C23H39BO4/c1-12-21(5,6)17-13-16(20(2,3)4)14-18(19(17)26-15-25-11)24-27-22(7,8)23(9,10)28-24/h13-14H,12,15H2,1-11H3. The average molecular weight is 390 g/mol. The van der Waals surface area contributed by atoms with Gasteiger partial charge in [-0.25, -0.2) is 0 Å². The summed E-state index contributed by atoms with van der Waals surface area (Å²) in [5, 5.41) is 0. The maximum Gasteiger partial charge on any atom is 0.498 e. The van der Waals surface area contributed by atoms with Crippen LogP contribution in [0.1, 0.15) is 86.8 Å². The van der Waals surface area contributed by atoms with Crippen molar-refractivity contribution in [2.45, 2.75) is 97.7 Å². The summed E-state index contributed by atoms with van der Waals surface area (Å²) >= 11 is 0. The van der Waals surface area contributed by atoms with Crippen LogP contribution in [0.5, 0.6) is 5.75 Å². The summed E-state index contributed by atoms with van der Waals surface area (Å²) in [7, 11) is 1.16. The van der Waals surface area contributed by atoms with Gasteiger partial charge in [-0.2, -0.15) is 0 Å². The summed E-state index contributed by atoms with van der Waals surface area (Å²) < 4.78 is 24.2. The van der Waals surface area contributed by atoms with Crippen molar-refractivity contribution < 1.29 is 18.8 Å². The first-order valence-electron chi connectivity index (χ1n) is 10.3. The minimum absolute atomic E-state index is 0.00323. The zero-order valence-electron chi connectivity index (χ0n) is 19.8. The zero-order chi connectivity index (χ0) is 21.5. The smallest absolute Gasteiger partial charge is 0.468 e. The van der Waals surface area contributed by atoms with E-state index < -0.39 is 18.3 Å². The Hall–Kier alpha value is -1.04. The second-order valence-corrected chi connectivity index (χ2v) is 10.6. The molecule has 0 N–H and O–H groups in total. The minimum atomic E-state index is -0.481. The van der Waals surface area contributed by atoms with E-state index >= 15 is 0 Å². The molecule has 5 heteroatoms. The molecule has 1 saturated heterocycles. The number of ether oxygens (including phenoxy) is 2. The fraction of sp³-hybridized carbons (Fsp3) is 0.739. The lowest BCUT2D eigenvalue weighted by atomic mass is 9.69. The first kappa shape index (κ1) is 23.2. The van der Waals surface area contributed by atoms with Gasteiger partial charge in [0.1, 0.15) is 5.75 Å². The lowest BCUT2D eigenvalue weighted by Gasteiger charge is -2.32. The van der Waals surface area contributed by atoms with Crippen LogP contribution in [0.4, 0.5) is 0 Å². The van der Waals surface area contributed by atoms with Crippen LogP contribution in [0.15, 0.2) is 12.1 Å². The fourth-order valence-electron chi connectivity index (χ4n) is 3.20. The summed E-state index contributed by atoms with van der Waals surface area (Å²) in [6.45, 7) is 21.9. The quantitative estimate of drug-likeness (QED) is 0.509. The molecule has 1 aliphatic heterocycles. The molecule has 1 aromatic carbocycles. The summed E-state index contributed by atoms with van der Waals surface area (Å²) in [6, 6.07) is 4.46. The van der Waals surface area contributed by atoms with Crippen LogP contribution in [-0.4, -0.2) is 32.2 Å². The molecule has 0 saturated carbocycles. The third-order valence-electron chi connectivity index (χ3n) is 6.42. The van der Waals surface area contributed by atoms with Crippen LogP contribution in [0.25, 0.3) is 0 Å². The van der Waals surface area contributed by atoms with Crippen LogP contribution in [0.3, 0.4) is 0 Å². The molecular weight excluding hydrogens is 351 g/mol. The third kappa shape index (κ3) is 4.42. The van der Waals surface area contributed by atoms with Gasteiger partial charge in [0, 0.05) is 12.6 Å². The molecular formula is C23H39BO4. The predicted molar refractivity (Wildman–Crippen MR) is 117 cm³/mol. The Labute approximate surface area is 172 Å². The summed E-state index contributed by atoms with van der Waals surface area (Å²) in [6.07, 6.45) is 0.993. The van der Waals surface area contributed by atoms with Gasteiger partial charge in [0.05, 0.1) is 11.2 Å². The highest BCUT2D eigenvalue weighted by molar-refractivity contribution is 6.63. The number of hydrogen-bond acceptors (Lipinski definition) is 4. The first-order chi connectivity index (χ1) is 12.7. The van der Waals surface area contributed by atoms with E-state index in [4.69, 9.17) is 18.8 Å². The average Bonchev–Trinajstić information content (AvgIpc) is 2.79. The van der Waals surface area contributed by atoms with Crippen LogP contribution in [0, 0.1) is 0 Å². The molecule has 0 aliphatic carbocycles. The predicted octanol–water partition coefficient (Wildman–Crippen LogP) is 4.95. The van der Waals surface area contributed by atoms with Gasteiger partial charge in [-0.1, -0.05) is 53.7 Å². The van der Waals surface area contributed by atoms with E-state index in [1.807, 2.05) is 0 Å². The molecule has 0 amide bonds. The summed E-state index contributed by atoms with van der Waals surface area (Å²) in [4.78, 5) is 0. The Morgan fingerprint density at radius 1 is 0.964 bits per heavy atom. The molecule has 1 heterocycles. The first-order valence-corrected chi connectivity index (χ1v) is 10.3. The lowest BCUT2D eigenvalue weighted by molar-refractivity contribution is 0.00578. The second kappa shape index (κ2) is 7.66. The van der Waals surface area contributed by atoms with E-state index in [-0.39, 0.29) is 17.6 Å². The molecule has 0 bridgehead atoms. The lowest BCUT2D eigenvalue weighted by Crippen LogP contribution is -2.41. The maximum atomic E-state index is 6.40. The third-order valence-corrected chi connectivity index (χ3v) is 6.42. The summed E-state index contributed by atoms with van der Waals surface area (Å²) in [5.74, 6) is 0.820. The van der Waals surface area contributed by atoms with Crippen molar-refractivity contribution in [3.05, 3.63) is 23.3 Å². The van der Waals surface area contributed by atoms with Crippen molar-refractivity contribution in [3.63, 3.8) is 0 Å². The van der Waals surface area contributed by atoms with Gasteiger partial charge in [0.25, 0.3) is 0 Å². The monoisotopic (exact) mass is 390 g/mol. The van der Waals surface area contributed by atoms with E-state index in [9.17, 15) is 0 Å². The number of methoxy groups -OCH3 is 1. The van der Waals surface area contributed by atoms with Crippen molar-refractivity contribution in [2.24, 2.45) is 0 Å². The molecule has 1 aliphatic rings. The number of rotatable bonds is 6. The second-order valence-electron chi connectivity index (χ2n) is 10.6. The highest BCUT2D eigenvalue weighted by Gasteiger charge is 2.53. The Balaban J connectivity index is 2.73. The molecule has 28 heavy (non-hydrogen) atoms. The van der Waals surface area contributed by atoms with Gasteiger partial charge in [-0.05, 0) is 56.1 Å². The maximum absolute atomic E-state index is 6.40. The van der Waals surface area contributed by atoms with Crippen molar-refractivity contribution in [2.75, 3.05) is 13.9 Å². The van der Waals surface area contributed by atoms with Crippen molar-refractivity contribution in [1.29, 1.82) is 0 Å². The molecule has 0 spiro atoms. The van der Waals surface area contributed by atoms with Crippen molar-refractivity contribution >= 4 is 12.6 Å². The molecule has 2 rings (SSSR count). The highest BCUT2D eigenvalue weighted by Crippen LogP contribution is 2.41. The van der Waals surface area contributed by atoms with E-state index in [0.717, 1.165) is 17.6 Å². The Morgan fingerprint density at radius 2 is 1.50 bits per heavy atom.